The molecular formula is C12H12ClN3. The third kappa shape index (κ3) is 2.49. The Hall–Kier alpha value is -1.61. The zero-order valence-corrected chi connectivity index (χ0v) is 9.92. The Morgan fingerprint density at radius 2 is 1.62 bits per heavy atom. The molecule has 1 aromatic heterocycles. The van der Waals surface area contributed by atoms with Gasteiger partial charge in [-0.1, -0.05) is 17.7 Å². The topological polar surface area (TPSA) is 37.8 Å². The first-order valence-corrected chi connectivity index (χ1v) is 5.35. The predicted molar refractivity (Wildman–Crippen MR) is 66.2 cm³/mol. The lowest BCUT2D eigenvalue weighted by Gasteiger charge is -2.08. The summed E-state index contributed by atoms with van der Waals surface area (Å²) in [4.78, 5) is 8.09. The number of halogens is 1. The Labute approximate surface area is 99.5 Å². The van der Waals surface area contributed by atoms with E-state index in [1.807, 2.05) is 12.1 Å². The molecule has 3 nitrogen and oxygen atoms in total. The fraction of sp³-hybridized carbons (Fsp3) is 0.167. The highest BCUT2D eigenvalue weighted by Crippen LogP contribution is 2.22. The van der Waals surface area contributed by atoms with Gasteiger partial charge in [-0.05, 0) is 37.1 Å². The second-order valence-corrected chi connectivity index (χ2v) is 4.06. The van der Waals surface area contributed by atoms with Gasteiger partial charge in [-0.15, -0.1) is 0 Å². The average molecular weight is 234 g/mol. The van der Waals surface area contributed by atoms with Crippen molar-refractivity contribution in [2.24, 2.45) is 0 Å². The number of aromatic nitrogens is 2. The van der Waals surface area contributed by atoms with Gasteiger partial charge in [0, 0.05) is 18.1 Å². The minimum Gasteiger partial charge on any atom is -0.338 e. The number of aryl methyl sites for hydroxylation is 2. The Morgan fingerprint density at radius 3 is 2.25 bits per heavy atom. The van der Waals surface area contributed by atoms with Crippen molar-refractivity contribution in [1.82, 2.24) is 9.97 Å². The summed E-state index contributed by atoms with van der Waals surface area (Å²) in [6.45, 7) is 4.10. The minimum atomic E-state index is 0.377. The van der Waals surface area contributed by atoms with Gasteiger partial charge in [0.1, 0.15) is 0 Å². The predicted octanol–water partition coefficient (Wildman–Crippen LogP) is 3.49. The van der Waals surface area contributed by atoms with Gasteiger partial charge in [0.25, 0.3) is 0 Å². The van der Waals surface area contributed by atoms with Gasteiger partial charge in [0.2, 0.25) is 0 Å². The monoisotopic (exact) mass is 233 g/mol. The van der Waals surface area contributed by atoms with E-state index >= 15 is 0 Å². The maximum Gasteiger partial charge on any atom is 0.171 e. The standard InChI is InChI=1S/C12H12ClN3/c1-8-5-9(2)7-10(6-8)16-12-11(13)14-3-4-15-12/h3-7H,1-2H3,(H,15,16). The van der Waals surface area contributed by atoms with Crippen molar-refractivity contribution in [2.75, 3.05) is 5.32 Å². The Balaban J connectivity index is 2.30. The fourth-order valence-corrected chi connectivity index (χ4v) is 1.74. The zero-order valence-electron chi connectivity index (χ0n) is 9.16. The molecule has 0 atom stereocenters. The van der Waals surface area contributed by atoms with Crippen LogP contribution in [0.1, 0.15) is 11.1 Å². The number of anilines is 2. The Bertz CT molecular complexity index is 491. The summed E-state index contributed by atoms with van der Waals surface area (Å²) in [6, 6.07) is 6.19. The van der Waals surface area contributed by atoms with E-state index in [1.165, 1.54) is 11.1 Å². The highest BCUT2D eigenvalue weighted by molar-refractivity contribution is 6.31. The molecule has 0 bridgehead atoms. The van der Waals surface area contributed by atoms with Crippen LogP contribution >= 0.6 is 11.6 Å². The smallest absolute Gasteiger partial charge is 0.171 e. The zero-order chi connectivity index (χ0) is 11.5. The number of nitrogens with zero attached hydrogens (tertiary/aromatic N) is 2. The highest BCUT2D eigenvalue weighted by atomic mass is 35.5. The van der Waals surface area contributed by atoms with Gasteiger partial charge in [-0.2, -0.15) is 0 Å². The molecule has 0 aliphatic carbocycles. The van der Waals surface area contributed by atoms with Gasteiger partial charge in [0.15, 0.2) is 11.0 Å². The third-order valence-corrected chi connectivity index (χ3v) is 2.41. The highest BCUT2D eigenvalue weighted by Gasteiger charge is 2.02. The summed E-state index contributed by atoms with van der Waals surface area (Å²) in [6.07, 6.45) is 3.17. The molecular weight excluding hydrogens is 222 g/mol. The summed E-state index contributed by atoms with van der Waals surface area (Å²) in [5, 5.41) is 3.52. The first-order chi connectivity index (χ1) is 7.65. The van der Waals surface area contributed by atoms with Crippen LogP contribution in [-0.2, 0) is 0 Å². The quantitative estimate of drug-likeness (QED) is 0.863. The molecule has 16 heavy (non-hydrogen) atoms. The first-order valence-electron chi connectivity index (χ1n) is 4.97. The van der Waals surface area contributed by atoms with Crippen molar-refractivity contribution in [2.45, 2.75) is 13.8 Å². The first kappa shape index (κ1) is 10.9. The van der Waals surface area contributed by atoms with E-state index in [4.69, 9.17) is 11.6 Å². The van der Waals surface area contributed by atoms with E-state index in [9.17, 15) is 0 Å². The molecule has 1 heterocycles. The molecule has 0 aliphatic heterocycles. The number of rotatable bonds is 2. The molecule has 2 aromatic rings. The SMILES string of the molecule is Cc1cc(C)cc(Nc2nccnc2Cl)c1. The van der Waals surface area contributed by atoms with Crippen molar-refractivity contribution in [3.63, 3.8) is 0 Å². The maximum atomic E-state index is 5.92. The van der Waals surface area contributed by atoms with Crippen molar-refractivity contribution in [3.8, 4) is 0 Å². The molecule has 0 saturated carbocycles. The third-order valence-electron chi connectivity index (χ3n) is 2.14. The van der Waals surface area contributed by atoms with Crippen LogP contribution < -0.4 is 5.32 Å². The summed E-state index contributed by atoms with van der Waals surface area (Å²) in [5.74, 6) is 0.578. The Kier molecular flexibility index (Phi) is 3.06. The van der Waals surface area contributed by atoms with Crippen LogP contribution in [0.5, 0.6) is 0 Å². The van der Waals surface area contributed by atoms with Crippen molar-refractivity contribution in [3.05, 3.63) is 46.9 Å². The van der Waals surface area contributed by atoms with Crippen LogP contribution in [0.4, 0.5) is 11.5 Å². The van der Waals surface area contributed by atoms with Gasteiger partial charge in [0.05, 0.1) is 0 Å². The van der Waals surface area contributed by atoms with Crippen LogP contribution in [0.25, 0.3) is 0 Å². The Morgan fingerprint density at radius 1 is 1.00 bits per heavy atom. The summed E-state index contributed by atoms with van der Waals surface area (Å²) in [7, 11) is 0. The second kappa shape index (κ2) is 4.49. The molecule has 0 fully saturated rings. The molecule has 2 rings (SSSR count). The molecule has 0 spiro atoms. The van der Waals surface area contributed by atoms with Gasteiger partial charge < -0.3 is 5.32 Å². The van der Waals surface area contributed by atoms with E-state index in [1.54, 1.807) is 12.4 Å². The number of nitrogens with one attached hydrogen (secondary N) is 1. The average Bonchev–Trinajstić information content (AvgIpc) is 2.20. The number of benzene rings is 1. The molecule has 0 amide bonds. The normalized spacial score (nSPS) is 10.2. The largest absolute Gasteiger partial charge is 0.338 e. The molecule has 0 unspecified atom stereocenters. The minimum absolute atomic E-state index is 0.377. The number of hydrogen-bond acceptors (Lipinski definition) is 3. The van der Waals surface area contributed by atoms with Crippen molar-refractivity contribution >= 4 is 23.1 Å². The van der Waals surface area contributed by atoms with Crippen molar-refractivity contribution < 1.29 is 0 Å². The van der Waals surface area contributed by atoms with Crippen LogP contribution in [0.15, 0.2) is 30.6 Å². The second-order valence-electron chi connectivity index (χ2n) is 3.70. The van der Waals surface area contributed by atoms with E-state index in [2.05, 4.69) is 35.2 Å². The van der Waals surface area contributed by atoms with Gasteiger partial charge in [-0.25, -0.2) is 9.97 Å². The number of hydrogen-bond donors (Lipinski definition) is 1. The summed E-state index contributed by atoms with van der Waals surface area (Å²) < 4.78 is 0. The molecule has 4 heteroatoms. The van der Waals surface area contributed by atoms with Crippen LogP contribution in [-0.4, -0.2) is 9.97 Å². The molecule has 0 saturated heterocycles. The lowest BCUT2D eigenvalue weighted by Crippen LogP contribution is -1.96. The molecule has 0 radical (unpaired) electrons. The van der Waals surface area contributed by atoms with E-state index < -0.39 is 0 Å². The van der Waals surface area contributed by atoms with Crippen LogP contribution in [0.2, 0.25) is 5.15 Å². The molecule has 1 aromatic carbocycles. The van der Waals surface area contributed by atoms with Crippen LogP contribution in [0.3, 0.4) is 0 Å². The fourth-order valence-electron chi connectivity index (χ4n) is 1.59. The molecule has 0 aliphatic rings. The van der Waals surface area contributed by atoms with Crippen LogP contribution in [0, 0.1) is 13.8 Å². The van der Waals surface area contributed by atoms with Gasteiger partial charge >= 0.3 is 0 Å². The van der Waals surface area contributed by atoms with Gasteiger partial charge in [-0.3, -0.25) is 0 Å². The van der Waals surface area contributed by atoms with E-state index in [0.717, 1.165) is 5.69 Å². The van der Waals surface area contributed by atoms with E-state index in [0.29, 0.717) is 11.0 Å². The summed E-state index contributed by atoms with van der Waals surface area (Å²) in [5.41, 5.74) is 3.37. The molecule has 82 valence electrons. The molecule has 1 N–H and O–H groups in total. The lowest BCUT2D eigenvalue weighted by molar-refractivity contribution is 1.20. The maximum absolute atomic E-state index is 5.92. The summed E-state index contributed by atoms with van der Waals surface area (Å²) >= 11 is 5.92. The van der Waals surface area contributed by atoms with E-state index in [-0.39, 0.29) is 0 Å². The lowest BCUT2D eigenvalue weighted by atomic mass is 10.1. The van der Waals surface area contributed by atoms with Crippen molar-refractivity contribution in [1.29, 1.82) is 0 Å².